The molecule has 0 unspecified atom stereocenters. The van der Waals surface area contributed by atoms with Gasteiger partial charge in [0.2, 0.25) is 0 Å². The van der Waals surface area contributed by atoms with E-state index < -0.39 is 10.4 Å². The van der Waals surface area contributed by atoms with E-state index in [1.807, 2.05) is 0 Å². The van der Waals surface area contributed by atoms with Gasteiger partial charge in [0, 0.05) is 0 Å². The van der Waals surface area contributed by atoms with Crippen LogP contribution in [0.25, 0.3) is 0 Å². The fourth-order valence-electron chi connectivity index (χ4n) is 0.594. The molecule has 6 heteroatoms. The first-order valence-electron chi connectivity index (χ1n) is 2.78. The monoisotopic (exact) mass is 202 g/mol. The molecule has 4 nitrogen and oxygen atoms in total. The first kappa shape index (κ1) is 11.9. The van der Waals surface area contributed by atoms with Gasteiger partial charge in [-0.15, -0.1) is 0 Å². The predicted octanol–water partition coefficient (Wildman–Crippen LogP) is -2.47. The molecule has 0 N–H and O–H groups in total. The summed E-state index contributed by atoms with van der Waals surface area (Å²) in [5.74, 6) is 0.0301. The maximum atomic E-state index is 10.0. The van der Waals surface area contributed by atoms with Gasteiger partial charge in [-0.25, -0.2) is 8.42 Å². The van der Waals surface area contributed by atoms with E-state index in [0.29, 0.717) is 0 Å². The second kappa shape index (κ2) is 4.84. The van der Waals surface area contributed by atoms with Crippen molar-refractivity contribution in [1.82, 2.24) is 0 Å². The van der Waals surface area contributed by atoms with Gasteiger partial charge < -0.3 is 8.74 Å². The summed E-state index contributed by atoms with van der Waals surface area (Å²) < 4.78 is 34.1. The van der Waals surface area contributed by atoms with Crippen molar-refractivity contribution >= 4 is 10.4 Å². The summed E-state index contributed by atoms with van der Waals surface area (Å²) in [6.45, 7) is 0. The van der Waals surface area contributed by atoms with Crippen LogP contribution in [-0.4, -0.2) is 13.0 Å². The van der Waals surface area contributed by atoms with Crippen LogP contribution in [0.2, 0.25) is 0 Å². The van der Waals surface area contributed by atoms with E-state index in [0.717, 1.165) is 0 Å². The molecule has 1 rings (SSSR count). The van der Waals surface area contributed by atoms with E-state index in [1.165, 1.54) is 12.1 Å². The van der Waals surface area contributed by atoms with Crippen molar-refractivity contribution in [2.24, 2.45) is 0 Å². The molecule has 0 aliphatic heterocycles. The Morgan fingerprint density at radius 2 is 1.67 bits per heavy atom. The third-order valence-corrected chi connectivity index (χ3v) is 1.34. The zero-order valence-corrected chi connectivity index (χ0v) is 9.24. The van der Waals surface area contributed by atoms with Crippen LogP contribution >= 0.6 is 0 Å². The summed E-state index contributed by atoms with van der Waals surface area (Å²) in [5, 5.41) is 0. The number of benzene rings is 1. The van der Waals surface area contributed by atoms with Crippen LogP contribution in [0.15, 0.2) is 30.3 Å². The third kappa shape index (κ3) is 4.74. The molecule has 0 spiro atoms. The van der Waals surface area contributed by atoms with E-state index in [1.54, 1.807) is 18.2 Å². The molecule has 0 heterocycles. The Bertz CT molecular complexity index is 321. The van der Waals surface area contributed by atoms with E-state index in [4.69, 9.17) is 0 Å². The van der Waals surface area contributed by atoms with Gasteiger partial charge in [0.15, 0.2) is 0 Å². The zero-order chi connectivity index (χ0) is 8.32. The normalized spacial score (nSPS) is 10.1. The SMILES string of the molecule is O=S(=O)([O-])O[13c]1[13cH][13cH][13cH][13cH][13cH]1.[Na+]. The number of hydrogen-bond donors (Lipinski definition) is 0. The molecule has 0 bridgehead atoms. The van der Waals surface area contributed by atoms with Gasteiger partial charge in [-0.05, 0) is 12.1 Å². The average Bonchev–Trinajstić information content (AvgIpc) is 1.85. The fourth-order valence-corrected chi connectivity index (χ4v) is 0.941. The molecule has 0 radical (unpaired) electrons. The molecule has 0 aliphatic carbocycles. The minimum Gasteiger partial charge on any atom is -0.716 e. The Hall–Kier alpha value is -0.0700. The van der Waals surface area contributed by atoms with E-state index in [-0.39, 0.29) is 35.3 Å². The summed E-state index contributed by atoms with van der Waals surface area (Å²) in [7, 11) is -4.63. The Morgan fingerprint density at radius 1 is 1.17 bits per heavy atom. The Labute approximate surface area is 92.8 Å². The van der Waals surface area contributed by atoms with Crippen LogP contribution in [0.3, 0.4) is 0 Å². The second-order valence-corrected chi connectivity index (χ2v) is 2.79. The third-order valence-electron chi connectivity index (χ3n) is 0.941. The Balaban J connectivity index is 0.00000121. The van der Waals surface area contributed by atoms with Gasteiger partial charge in [0.1, 0.15) is 5.75 Å². The summed E-state index contributed by atoms with van der Waals surface area (Å²) in [6, 6.07) is 7.59. The smallest absolute Gasteiger partial charge is 0.716 e. The predicted molar refractivity (Wildman–Crippen MR) is 36.8 cm³/mol. The molecule has 0 fully saturated rings. The van der Waals surface area contributed by atoms with Crippen LogP contribution in [-0.2, 0) is 10.4 Å². The molecule has 0 amide bonds. The first-order valence-corrected chi connectivity index (χ1v) is 4.11. The van der Waals surface area contributed by atoms with Crippen molar-refractivity contribution in [2.75, 3.05) is 0 Å². The molecule has 0 aromatic heterocycles. The van der Waals surface area contributed by atoms with Gasteiger partial charge in [-0.1, -0.05) is 18.2 Å². The van der Waals surface area contributed by atoms with Crippen molar-refractivity contribution in [2.45, 2.75) is 0 Å². The molecule has 12 heavy (non-hydrogen) atoms. The maximum absolute atomic E-state index is 10.0. The van der Waals surface area contributed by atoms with E-state index >= 15 is 0 Å². The summed E-state index contributed by atoms with van der Waals surface area (Å²) >= 11 is 0. The molecule has 1 aromatic carbocycles. The quantitative estimate of drug-likeness (QED) is 0.303. The standard InChI is InChI=1S/C6H6O4S.Na/c7-11(8,9)10-6-4-2-1-3-5-6;/h1-5H,(H,7,8,9);/q;+1/p-1/i1+1,2+1,3+1,4+1,5+1,6+1;. The second-order valence-electron chi connectivity index (χ2n) is 1.80. The molecule has 0 aliphatic rings. The molecular weight excluding hydrogens is 197 g/mol. The number of hydrogen-bond acceptors (Lipinski definition) is 4. The first-order chi connectivity index (χ1) is 5.08. The van der Waals surface area contributed by atoms with Gasteiger partial charge >= 0.3 is 29.6 Å². The van der Waals surface area contributed by atoms with Crippen molar-refractivity contribution < 1.29 is 46.7 Å². The summed E-state index contributed by atoms with van der Waals surface area (Å²) in [4.78, 5) is 0. The molecule has 0 saturated heterocycles. The largest absolute Gasteiger partial charge is 1.00 e. The minimum atomic E-state index is -4.63. The molecular formula is C6H5NaO4S. The van der Waals surface area contributed by atoms with Crippen LogP contribution in [0.4, 0.5) is 0 Å². The van der Waals surface area contributed by atoms with Crippen LogP contribution < -0.4 is 33.7 Å². The van der Waals surface area contributed by atoms with Gasteiger partial charge in [0.25, 0.3) is 10.4 Å². The van der Waals surface area contributed by atoms with Crippen molar-refractivity contribution in [3.8, 4) is 5.75 Å². The molecule has 60 valence electrons. The maximum Gasteiger partial charge on any atom is 1.00 e. The fraction of sp³-hybridized carbons (Fsp3) is 0. The average molecular weight is 202 g/mol. The van der Waals surface area contributed by atoms with Crippen LogP contribution in [0.1, 0.15) is 0 Å². The number of para-hydroxylation sites is 1. The topological polar surface area (TPSA) is 66.4 Å². The molecule has 0 atom stereocenters. The van der Waals surface area contributed by atoms with Crippen LogP contribution in [0.5, 0.6) is 5.75 Å². The van der Waals surface area contributed by atoms with E-state index in [9.17, 15) is 13.0 Å². The van der Waals surface area contributed by atoms with Gasteiger partial charge in [0.05, 0.1) is 0 Å². The molecule has 1 aromatic rings. The summed E-state index contributed by atoms with van der Waals surface area (Å²) in [6.07, 6.45) is 0. The zero-order valence-electron chi connectivity index (χ0n) is 6.43. The van der Waals surface area contributed by atoms with Crippen LogP contribution in [0, 0.1) is 0 Å². The summed E-state index contributed by atoms with van der Waals surface area (Å²) in [5.41, 5.74) is 0. The van der Waals surface area contributed by atoms with E-state index in [2.05, 4.69) is 4.18 Å². The minimum absolute atomic E-state index is 0. The number of rotatable bonds is 2. The Kier molecular flexibility index (Phi) is 4.81. The Morgan fingerprint density at radius 3 is 2.08 bits per heavy atom. The van der Waals surface area contributed by atoms with Gasteiger partial charge in [-0.3, -0.25) is 0 Å². The van der Waals surface area contributed by atoms with Crippen molar-refractivity contribution in [1.29, 1.82) is 0 Å². The van der Waals surface area contributed by atoms with Crippen molar-refractivity contribution in [3.05, 3.63) is 30.3 Å². The van der Waals surface area contributed by atoms with Gasteiger partial charge in [-0.2, -0.15) is 0 Å². The van der Waals surface area contributed by atoms with Crippen molar-refractivity contribution in [3.63, 3.8) is 0 Å². The molecule has 0 saturated carbocycles.